The number of methoxy groups -OCH3 is 1. The number of benzene rings is 2. The van der Waals surface area contributed by atoms with Gasteiger partial charge in [-0.2, -0.15) is 0 Å². The van der Waals surface area contributed by atoms with E-state index in [1.165, 1.54) is 19.2 Å². The molecule has 0 aliphatic carbocycles. The van der Waals surface area contributed by atoms with E-state index in [1.54, 1.807) is 6.07 Å². The van der Waals surface area contributed by atoms with Crippen LogP contribution in [0.5, 0.6) is 5.75 Å². The SMILES string of the molecule is COC(=O)CC(NC(=O)c1cc(Br)ccc1O)c1ccccc1. The monoisotopic (exact) mass is 377 g/mol. The second-order valence-corrected chi connectivity index (χ2v) is 5.79. The molecule has 23 heavy (non-hydrogen) atoms. The molecule has 2 rings (SSSR count). The van der Waals surface area contributed by atoms with Crippen LogP contribution in [0.1, 0.15) is 28.4 Å². The highest BCUT2D eigenvalue weighted by Gasteiger charge is 2.21. The zero-order valence-electron chi connectivity index (χ0n) is 12.5. The Bertz CT molecular complexity index is 703. The fourth-order valence-electron chi connectivity index (χ4n) is 2.11. The van der Waals surface area contributed by atoms with Crippen molar-refractivity contribution in [1.29, 1.82) is 0 Å². The minimum Gasteiger partial charge on any atom is -0.507 e. The van der Waals surface area contributed by atoms with Gasteiger partial charge < -0.3 is 15.2 Å². The molecular weight excluding hydrogens is 362 g/mol. The fraction of sp³-hybridized carbons (Fsp3) is 0.176. The number of carbonyl (C=O) groups is 2. The Morgan fingerprint density at radius 3 is 2.57 bits per heavy atom. The average Bonchev–Trinajstić information content (AvgIpc) is 2.57. The van der Waals surface area contributed by atoms with E-state index in [0.29, 0.717) is 4.47 Å². The van der Waals surface area contributed by atoms with E-state index >= 15 is 0 Å². The molecule has 2 aromatic carbocycles. The van der Waals surface area contributed by atoms with E-state index in [2.05, 4.69) is 26.0 Å². The highest BCUT2D eigenvalue weighted by atomic mass is 79.9. The molecule has 0 aliphatic rings. The van der Waals surface area contributed by atoms with Crippen LogP contribution >= 0.6 is 15.9 Å². The maximum atomic E-state index is 12.4. The smallest absolute Gasteiger partial charge is 0.307 e. The molecule has 1 amide bonds. The van der Waals surface area contributed by atoms with Crippen LogP contribution in [0.2, 0.25) is 0 Å². The van der Waals surface area contributed by atoms with Crippen LogP contribution in [-0.2, 0) is 9.53 Å². The first kappa shape index (κ1) is 17.0. The molecule has 0 heterocycles. The van der Waals surface area contributed by atoms with Gasteiger partial charge in [0.25, 0.3) is 5.91 Å². The van der Waals surface area contributed by atoms with Crippen molar-refractivity contribution in [3.63, 3.8) is 0 Å². The summed E-state index contributed by atoms with van der Waals surface area (Å²) in [5.74, 6) is -1.03. The predicted octanol–water partition coefficient (Wildman–Crippen LogP) is 3.19. The average molecular weight is 378 g/mol. The van der Waals surface area contributed by atoms with Crippen molar-refractivity contribution >= 4 is 27.8 Å². The van der Waals surface area contributed by atoms with Gasteiger partial charge in [-0.15, -0.1) is 0 Å². The number of amides is 1. The second kappa shape index (κ2) is 7.78. The molecule has 120 valence electrons. The molecule has 0 spiro atoms. The van der Waals surface area contributed by atoms with Crippen molar-refractivity contribution in [2.24, 2.45) is 0 Å². The van der Waals surface area contributed by atoms with Gasteiger partial charge in [-0.3, -0.25) is 9.59 Å². The van der Waals surface area contributed by atoms with Gasteiger partial charge >= 0.3 is 5.97 Å². The molecule has 0 bridgehead atoms. The Balaban J connectivity index is 2.25. The first-order valence-corrected chi connectivity index (χ1v) is 7.71. The normalized spacial score (nSPS) is 11.6. The van der Waals surface area contributed by atoms with E-state index in [-0.39, 0.29) is 17.7 Å². The molecule has 0 fully saturated rings. The van der Waals surface area contributed by atoms with E-state index in [9.17, 15) is 14.7 Å². The second-order valence-electron chi connectivity index (χ2n) is 4.88. The first-order chi connectivity index (χ1) is 11.0. The lowest BCUT2D eigenvalue weighted by Gasteiger charge is -2.18. The van der Waals surface area contributed by atoms with Crippen LogP contribution in [0.4, 0.5) is 0 Å². The molecule has 0 radical (unpaired) electrons. The molecule has 1 unspecified atom stereocenters. The van der Waals surface area contributed by atoms with Crippen LogP contribution in [-0.4, -0.2) is 24.1 Å². The number of hydrogen-bond donors (Lipinski definition) is 2. The molecule has 0 aromatic heterocycles. The van der Waals surface area contributed by atoms with Crippen LogP contribution in [0, 0.1) is 0 Å². The Kier molecular flexibility index (Phi) is 5.76. The maximum absolute atomic E-state index is 12.4. The van der Waals surface area contributed by atoms with Crippen LogP contribution in [0.15, 0.2) is 53.0 Å². The fourth-order valence-corrected chi connectivity index (χ4v) is 2.47. The van der Waals surface area contributed by atoms with Crippen molar-refractivity contribution < 1.29 is 19.4 Å². The quantitative estimate of drug-likeness (QED) is 0.784. The summed E-state index contributed by atoms with van der Waals surface area (Å²) < 4.78 is 5.36. The number of carbonyl (C=O) groups excluding carboxylic acids is 2. The summed E-state index contributed by atoms with van der Waals surface area (Å²) in [4.78, 5) is 24.0. The standard InChI is InChI=1S/C17H16BrNO4/c1-23-16(21)10-14(11-5-3-2-4-6-11)19-17(22)13-9-12(18)7-8-15(13)20/h2-9,14,20H,10H2,1H3,(H,19,22). The number of aromatic hydroxyl groups is 1. The Morgan fingerprint density at radius 1 is 1.22 bits per heavy atom. The van der Waals surface area contributed by atoms with Crippen molar-refractivity contribution in [2.75, 3.05) is 7.11 Å². The molecule has 2 N–H and O–H groups in total. The maximum Gasteiger partial charge on any atom is 0.307 e. The molecule has 2 aromatic rings. The number of esters is 1. The topological polar surface area (TPSA) is 75.6 Å². The molecule has 0 saturated carbocycles. The number of halogens is 1. The third kappa shape index (κ3) is 4.56. The van der Waals surface area contributed by atoms with Gasteiger partial charge in [0.2, 0.25) is 0 Å². The lowest BCUT2D eigenvalue weighted by atomic mass is 10.0. The lowest BCUT2D eigenvalue weighted by Crippen LogP contribution is -2.30. The number of phenolic OH excluding ortho intramolecular Hbond substituents is 1. The van der Waals surface area contributed by atoms with Gasteiger partial charge in [0.1, 0.15) is 5.75 Å². The van der Waals surface area contributed by atoms with Crippen molar-refractivity contribution in [1.82, 2.24) is 5.32 Å². The van der Waals surface area contributed by atoms with Crippen LogP contribution in [0.3, 0.4) is 0 Å². The molecule has 5 nitrogen and oxygen atoms in total. The largest absolute Gasteiger partial charge is 0.507 e. The summed E-state index contributed by atoms with van der Waals surface area (Å²) in [5.41, 5.74) is 0.908. The summed E-state index contributed by atoms with van der Waals surface area (Å²) >= 11 is 3.26. The number of hydrogen-bond acceptors (Lipinski definition) is 4. The van der Waals surface area contributed by atoms with Gasteiger partial charge in [0.05, 0.1) is 25.1 Å². The zero-order chi connectivity index (χ0) is 16.8. The summed E-state index contributed by atoms with van der Waals surface area (Å²) in [5, 5.41) is 12.6. The van der Waals surface area contributed by atoms with Crippen LogP contribution in [0.25, 0.3) is 0 Å². The number of nitrogens with one attached hydrogen (secondary N) is 1. The summed E-state index contributed by atoms with van der Waals surface area (Å²) in [6.07, 6.45) is 0.00101. The third-order valence-corrected chi connectivity index (χ3v) is 3.80. The molecule has 1 atom stereocenters. The molecule has 0 saturated heterocycles. The number of rotatable bonds is 5. The van der Waals surface area contributed by atoms with Gasteiger partial charge in [-0.1, -0.05) is 46.3 Å². The molecule has 0 aliphatic heterocycles. The summed E-state index contributed by atoms with van der Waals surface area (Å²) in [6, 6.07) is 13.2. The summed E-state index contributed by atoms with van der Waals surface area (Å²) in [6.45, 7) is 0. The third-order valence-electron chi connectivity index (χ3n) is 3.31. The van der Waals surface area contributed by atoms with Gasteiger partial charge in [-0.05, 0) is 23.8 Å². The Morgan fingerprint density at radius 2 is 1.91 bits per heavy atom. The highest BCUT2D eigenvalue weighted by Crippen LogP contribution is 2.24. The van der Waals surface area contributed by atoms with E-state index < -0.39 is 17.9 Å². The number of phenols is 1. The van der Waals surface area contributed by atoms with Gasteiger partial charge in [-0.25, -0.2) is 0 Å². The lowest BCUT2D eigenvalue weighted by molar-refractivity contribution is -0.141. The molecular formula is C17H16BrNO4. The van der Waals surface area contributed by atoms with E-state index in [4.69, 9.17) is 0 Å². The highest BCUT2D eigenvalue weighted by molar-refractivity contribution is 9.10. The van der Waals surface area contributed by atoms with Crippen molar-refractivity contribution in [3.05, 3.63) is 64.1 Å². The van der Waals surface area contributed by atoms with E-state index in [0.717, 1.165) is 5.56 Å². The van der Waals surface area contributed by atoms with Crippen molar-refractivity contribution in [2.45, 2.75) is 12.5 Å². The van der Waals surface area contributed by atoms with Gasteiger partial charge in [0.15, 0.2) is 0 Å². The zero-order valence-corrected chi connectivity index (χ0v) is 14.0. The predicted molar refractivity (Wildman–Crippen MR) is 89.1 cm³/mol. The van der Waals surface area contributed by atoms with Crippen LogP contribution < -0.4 is 5.32 Å². The van der Waals surface area contributed by atoms with E-state index in [1.807, 2.05) is 30.3 Å². The van der Waals surface area contributed by atoms with Gasteiger partial charge in [0, 0.05) is 4.47 Å². The summed E-state index contributed by atoms with van der Waals surface area (Å²) in [7, 11) is 1.30. The molecule has 6 heteroatoms. The Hall–Kier alpha value is -2.34. The van der Waals surface area contributed by atoms with Crippen molar-refractivity contribution in [3.8, 4) is 5.75 Å². The first-order valence-electron chi connectivity index (χ1n) is 6.92. The minimum absolute atomic E-state index is 0.00101. The minimum atomic E-state index is -0.547. The number of ether oxygens (including phenoxy) is 1. The Labute approximate surface area is 142 Å².